The Kier molecular flexibility index (Phi) is 3.46. The molecular formula is C18H17N. The molecule has 0 aliphatic heterocycles. The van der Waals surface area contributed by atoms with Crippen molar-refractivity contribution in [2.24, 2.45) is 0 Å². The van der Waals surface area contributed by atoms with Crippen LogP contribution in [0.3, 0.4) is 0 Å². The Morgan fingerprint density at radius 1 is 0.895 bits per heavy atom. The minimum Gasteiger partial charge on any atom is -0.361 e. The van der Waals surface area contributed by atoms with Crippen molar-refractivity contribution in [3.8, 4) is 0 Å². The van der Waals surface area contributed by atoms with E-state index in [0.717, 1.165) is 12.8 Å². The number of allylic oxidation sites excluding steroid dienone is 1. The second kappa shape index (κ2) is 5.57. The van der Waals surface area contributed by atoms with Gasteiger partial charge in [-0.3, -0.25) is 0 Å². The molecule has 0 spiro atoms. The molecule has 94 valence electrons. The standard InChI is InChI=1S/C18H17N/c1-2-8-15(9-3-1)10-4-5-11-16-14-19-18-13-7-6-12-17(16)18/h1-3,5-9,11-14,19H,4,10H2/b11-5+. The zero-order valence-corrected chi connectivity index (χ0v) is 10.8. The van der Waals surface area contributed by atoms with Gasteiger partial charge in [0, 0.05) is 17.1 Å². The van der Waals surface area contributed by atoms with Crippen LogP contribution >= 0.6 is 0 Å². The molecule has 2 aromatic carbocycles. The van der Waals surface area contributed by atoms with Gasteiger partial charge in [0.2, 0.25) is 0 Å². The highest BCUT2D eigenvalue weighted by Crippen LogP contribution is 2.19. The molecule has 19 heavy (non-hydrogen) atoms. The number of benzene rings is 2. The van der Waals surface area contributed by atoms with E-state index >= 15 is 0 Å². The van der Waals surface area contributed by atoms with Crippen molar-refractivity contribution in [3.05, 3.63) is 78.0 Å². The number of aromatic amines is 1. The smallest absolute Gasteiger partial charge is 0.0460 e. The highest BCUT2D eigenvalue weighted by molar-refractivity contribution is 5.88. The van der Waals surface area contributed by atoms with Crippen LogP contribution < -0.4 is 0 Å². The summed E-state index contributed by atoms with van der Waals surface area (Å²) in [4.78, 5) is 3.30. The summed E-state index contributed by atoms with van der Waals surface area (Å²) in [7, 11) is 0. The van der Waals surface area contributed by atoms with Crippen molar-refractivity contribution in [2.75, 3.05) is 0 Å². The summed E-state index contributed by atoms with van der Waals surface area (Å²) in [6.45, 7) is 0. The van der Waals surface area contributed by atoms with Crippen LogP contribution in [0.5, 0.6) is 0 Å². The number of nitrogens with one attached hydrogen (secondary N) is 1. The third-order valence-corrected chi connectivity index (χ3v) is 3.36. The summed E-state index contributed by atoms with van der Waals surface area (Å²) < 4.78 is 0. The molecule has 0 aliphatic carbocycles. The molecule has 1 aromatic heterocycles. The molecule has 0 amide bonds. The highest BCUT2D eigenvalue weighted by Gasteiger charge is 1.98. The van der Waals surface area contributed by atoms with E-state index in [1.165, 1.54) is 22.0 Å². The van der Waals surface area contributed by atoms with E-state index in [-0.39, 0.29) is 0 Å². The summed E-state index contributed by atoms with van der Waals surface area (Å²) in [6, 6.07) is 19.0. The second-order valence-electron chi connectivity index (χ2n) is 4.72. The Morgan fingerprint density at radius 3 is 2.58 bits per heavy atom. The van der Waals surface area contributed by atoms with Gasteiger partial charge in [-0.15, -0.1) is 0 Å². The predicted octanol–water partition coefficient (Wildman–Crippen LogP) is 4.81. The summed E-state index contributed by atoms with van der Waals surface area (Å²) in [6.07, 6.45) is 8.71. The average molecular weight is 247 g/mol. The molecule has 1 heteroatoms. The second-order valence-corrected chi connectivity index (χ2v) is 4.72. The molecule has 0 radical (unpaired) electrons. The van der Waals surface area contributed by atoms with E-state index in [1.54, 1.807) is 0 Å². The molecule has 0 atom stereocenters. The zero-order valence-electron chi connectivity index (χ0n) is 10.8. The molecule has 0 fully saturated rings. The first-order valence-corrected chi connectivity index (χ1v) is 6.70. The highest BCUT2D eigenvalue weighted by atomic mass is 14.7. The zero-order chi connectivity index (χ0) is 12.9. The molecule has 0 saturated heterocycles. The summed E-state index contributed by atoms with van der Waals surface area (Å²) in [5.41, 5.74) is 3.86. The molecular weight excluding hydrogens is 230 g/mol. The van der Waals surface area contributed by atoms with Gasteiger partial charge in [-0.25, -0.2) is 0 Å². The van der Waals surface area contributed by atoms with Gasteiger partial charge in [0.15, 0.2) is 0 Å². The topological polar surface area (TPSA) is 15.8 Å². The third-order valence-electron chi connectivity index (χ3n) is 3.36. The van der Waals surface area contributed by atoms with E-state index in [0.29, 0.717) is 0 Å². The Balaban J connectivity index is 1.67. The van der Waals surface area contributed by atoms with Gasteiger partial charge in [0.05, 0.1) is 0 Å². The molecule has 3 rings (SSSR count). The quantitative estimate of drug-likeness (QED) is 0.680. The maximum Gasteiger partial charge on any atom is 0.0460 e. The average Bonchev–Trinajstić information content (AvgIpc) is 2.88. The van der Waals surface area contributed by atoms with Crippen molar-refractivity contribution in [1.82, 2.24) is 4.98 Å². The number of aryl methyl sites for hydroxylation is 1. The Hall–Kier alpha value is -2.28. The van der Waals surface area contributed by atoms with Crippen molar-refractivity contribution < 1.29 is 0 Å². The number of rotatable bonds is 4. The number of hydrogen-bond donors (Lipinski definition) is 1. The van der Waals surface area contributed by atoms with Gasteiger partial charge >= 0.3 is 0 Å². The van der Waals surface area contributed by atoms with Crippen molar-refractivity contribution in [1.29, 1.82) is 0 Å². The molecule has 1 nitrogen and oxygen atoms in total. The van der Waals surface area contributed by atoms with Crippen LogP contribution in [0, 0.1) is 0 Å². The van der Waals surface area contributed by atoms with E-state index in [9.17, 15) is 0 Å². The maximum atomic E-state index is 3.30. The summed E-state index contributed by atoms with van der Waals surface area (Å²) >= 11 is 0. The Morgan fingerprint density at radius 2 is 1.68 bits per heavy atom. The van der Waals surface area contributed by atoms with E-state index in [4.69, 9.17) is 0 Å². The van der Waals surface area contributed by atoms with E-state index in [1.807, 2.05) is 0 Å². The van der Waals surface area contributed by atoms with Crippen LogP contribution in [0.15, 0.2) is 66.9 Å². The molecule has 3 aromatic rings. The lowest BCUT2D eigenvalue weighted by atomic mass is 10.1. The third kappa shape index (κ3) is 2.76. The van der Waals surface area contributed by atoms with Gasteiger partial charge in [0.25, 0.3) is 0 Å². The largest absolute Gasteiger partial charge is 0.361 e. The predicted molar refractivity (Wildman–Crippen MR) is 82.1 cm³/mol. The number of aromatic nitrogens is 1. The minimum atomic E-state index is 1.07. The van der Waals surface area contributed by atoms with Gasteiger partial charge in [-0.1, -0.05) is 60.7 Å². The first-order valence-electron chi connectivity index (χ1n) is 6.70. The SMILES string of the molecule is C(=C\c1c[nH]c2ccccc12)/CCc1ccccc1. The van der Waals surface area contributed by atoms with Gasteiger partial charge in [-0.05, 0) is 30.0 Å². The minimum absolute atomic E-state index is 1.07. The van der Waals surface area contributed by atoms with Gasteiger partial charge < -0.3 is 4.98 Å². The fraction of sp³-hybridized carbons (Fsp3) is 0.111. The lowest BCUT2D eigenvalue weighted by molar-refractivity contribution is 1.01. The molecule has 1 heterocycles. The first kappa shape index (κ1) is 11.8. The van der Waals surface area contributed by atoms with E-state index < -0.39 is 0 Å². The Bertz CT molecular complexity index is 677. The number of fused-ring (bicyclic) bond motifs is 1. The number of hydrogen-bond acceptors (Lipinski definition) is 0. The lowest BCUT2D eigenvalue weighted by Crippen LogP contribution is -1.81. The van der Waals surface area contributed by atoms with Crippen LogP contribution in [0.25, 0.3) is 17.0 Å². The summed E-state index contributed by atoms with van der Waals surface area (Å²) in [5.74, 6) is 0. The van der Waals surface area contributed by atoms with Crippen LogP contribution in [0.4, 0.5) is 0 Å². The molecule has 0 unspecified atom stereocenters. The molecule has 0 bridgehead atoms. The normalized spacial score (nSPS) is 11.4. The van der Waals surface area contributed by atoms with Crippen LogP contribution in [0.2, 0.25) is 0 Å². The molecule has 1 N–H and O–H groups in total. The Labute approximate surface area is 113 Å². The number of H-pyrrole nitrogens is 1. The molecule has 0 aliphatic rings. The summed E-state index contributed by atoms with van der Waals surface area (Å²) in [5, 5.41) is 1.29. The fourth-order valence-corrected chi connectivity index (χ4v) is 2.34. The number of para-hydroxylation sites is 1. The fourth-order valence-electron chi connectivity index (χ4n) is 2.34. The van der Waals surface area contributed by atoms with Crippen molar-refractivity contribution >= 4 is 17.0 Å². The van der Waals surface area contributed by atoms with Gasteiger partial charge in [0.1, 0.15) is 0 Å². The first-order chi connectivity index (χ1) is 9.43. The maximum absolute atomic E-state index is 3.30. The van der Waals surface area contributed by atoms with Crippen molar-refractivity contribution in [3.63, 3.8) is 0 Å². The van der Waals surface area contributed by atoms with Crippen molar-refractivity contribution in [2.45, 2.75) is 12.8 Å². The van der Waals surface area contributed by atoms with Crippen LogP contribution in [-0.4, -0.2) is 4.98 Å². The van der Waals surface area contributed by atoms with Crippen LogP contribution in [0.1, 0.15) is 17.5 Å². The van der Waals surface area contributed by atoms with Crippen LogP contribution in [-0.2, 0) is 6.42 Å². The monoisotopic (exact) mass is 247 g/mol. The van der Waals surface area contributed by atoms with E-state index in [2.05, 4.69) is 77.9 Å². The van der Waals surface area contributed by atoms with Gasteiger partial charge in [-0.2, -0.15) is 0 Å². The lowest BCUT2D eigenvalue weighted by Gasteiger charge is -1.96. The molecule has 0 saturated carbocycles.